The van der Waals surface area contributed by atoms with Crippen molar-refractivity contribution < 1.29 is 5.11 Å². The zero-order chi connectivity index (χ0) is 17.6. The molecule has 0 saturated carbocycles. The minimum absolute atomic E-state index is 0.517. The molecule has 4 nitrogen and oxygen atoms in total. The average molecular weight is 335 g/mol. The SMILES string of the molecule is Cc1cccc([C@@H](O)CN(Cc2ccccc2)Cc2ccnn2C)c1. The summed E-state index contributed by atoms with van der Waals surface area (Å²) in [4.78, 5) is 2.26. The van der Waals surface area contributed by atoms with E-state index in [1.54, 1.807) is 0 Å². The van der Waals surface area contributed by atoms with Gasteiger partial charge in [0.1, 0.15) is 0 Å². The lowest BCUT2D eigenvalue weighted by atomic mass is 10.1. The Balaban J connectivity index is 1.76. The van der Waals surface area contributed by atoms with Crippen LogP contribution >= 0.6 is 0 Å². The molecule has 1 N–H and O–H groups in total. The molecule has 0 radical (unpaired) electrons. The van der Waals surface area contributed by atoms with Gasteiger partial charge in [-0.3, -0.25) is 9.58 Å². The molecule has 4 heteroatoms. The second kappa shape index (κ2) is 8.10. The number of rotatable bonds is 7. The van der Waals surface area contributed by atoms with E-state index in [-0.39, 0.29) is 0 Å². The number of benzene rings is 2. The van der Waals surface area contributed by atoms with Gasteiger partial charge in [-0.15, -0.1) is 0 Å². The molecular formula is C21H25N3O. The van der Waals surface area contributed by atoms with E-state index in [2.05, 4.69) is 40.3 Å². The van der Waals surface area contributed by atoms with Gasteiger partial charge < -0.3 is 5.11 Å². The first kappa shape index (κ1) is 17.4. The second-order valence-corrected chi connectivity index (χ2v) is 6.53. The second-order valence-electron chi connectivity index (χ2n) is 6.53. The van der Waals surface area contributed by atoms with Crippen LogP contribution < -0.4 is 0 Å². The van der Waals surface area contributed by atoms with Gasteiger partial charge in [-0.25, -0.2) is 0 Å². The molecule has 1 heterocycles. The fourth-order valence-electron chi connectivity index (χ4n) is 3.04. The van der Waals surface area contributed by atoms with Crippen LogP contribution in [-0.2, 0) is 20.1 Å². The molecule has 0 spiro atoms. The Kier molecular flexibility index (Phi) is 5.64. The third-order valence-corrected chi connectivity index (χ3v) is 4.42. The molecule has 130 valence electrons. The van der Waals surface area contributed by atoms with Gasteiger partial charge in [0.25, 0.3) is 0 Å². The summed E-state index contributed by atoms with van der Waals surface area (Å²) in [5.41, 5.74) is 4.49. The van der Waals surface area contributed by atoms with Crippen molar-refractivity contribution in [2.45, 2.75) is 26.1 Å². The molecule has 2 aromatic carbocycles. The summed E-state index contributed by atoms with van der Waals surface area (Å²) in [5, 5.41) is 15.0. The Morgan fingerprint density at radius 2 is 1.84 bits per heavy atom. The molecule has 0 unspecified atom stereocenters. The maximum absolute atomic E-state index is 10.7. The normalized spacial score (nSPS) is 12.5. The summed E-state index contributed by atoms with van der Waals surface area (Å²) >= 11 is 0. The van der Waals surface area contributed by atoms with Crippen molar-refractivity contribution in [3.8, 4) is 0 Å². The van der Waals surface area contributed by atoms with Crippen LogP contribution in [0.1, 0.15) is 28.5 Å². The summed E-state index contributed by atoms with van der Waals surface area (Å²) in [6, 6.07) is 20.5. The van der Waals surface area contributed by atoms with Gasteiger partial charge in [0.05, 0.1) is 11.8 Å². The Morgan fingerprint density at radius 1 is 1.04 bits per heavy atom. The van der Waals surface area contributed by atoms with Crippen molar-refractivity contribution >= 4 is 0 Å². The van der Waals surface area contributed by atoms with Crippen LogP contribution in [0, 0.1) is 6.92 Å². The smallest absolute Gasteiger partial charge is 0.0917 e. The van der Waals surface area contributed by atoms with Crippen LogP contribution in [0.25, 0.3) is 0 Å². The highest BCUT2D eigenvalue weighted by Gasteiger charge is 2.16. The number of hydrogen-bond donors (Lipinski definition) is 1. The molecule has 1 aromatic heterocycles. The summed E-state index contributed by atoms with van der Waals surface area (Å²) in [5.74, 6) is 0. The van der Waals surface area contributed by atoms with Crippen molar-refractivity contribution in [3.05, 3.63) is 89.2 Å². The first-order valence-electron chi connectivity index (χ1n) is 8.59. The van der Waals surface area contributed by atoms with Gasteiger partial charge in [-0.2, -0.15) is 5.10 Å². The summed E-state index contributed by atoms with van der Waals surface area (Å²) < 4.78 is 1.89. The molecule has 0 bridgehead atoms. The largest absolute Gasteiger partial charge is 0.387 e. The van der Waals surface area contributed by atoms with Crippen LogP contribution in [0.5, 0.6) is 0 Å². The van der Waals surface area contributed by atoms with E-state index in [1.165, 1.54) is 5.56 Å². The fraction of sp³-hybridized carbons (Fsp3) is 0.286. The third-order valence-electron chi connectivity index (χ3n) is 4.42. The van der Waals surface area contributed by atoms with E-state index in [0.717, 1.165) is 29.9 Å². The number of aryl methyl sites for hydroxylation is 2. The molecule has 3 aromatic rings. The minimum atomic E-state index is -0.517. The number of aliphatic hydroxyl groups excluding tert-OH is 1. The summed E-state index contributed by atoms with van der Waals surface area (Å²) in [6.07, 6.45) is 1.30. The molecule has 0 aliphatic rings. The van der Waals surface area contributed by atoms with Crippen LogP contribution in [-0.4, -0.2) is 26.3 Å². The van der Waals surface area contributed by atoms with Gasteiger partial charge >= 0.3 is 0 Å². The van der Waals surface area contributed by atoms with E-state index in [9.17, 15) is 5.11 Å². The lowest BCUT2D eigenvalue weighted by molar-refractivity contribution is 0.103. The van der Waals surface area contributed by atoms with Crippen LogP contribution in [0.2, 0.25) is 0 Å². The molecule has 0 aliphatic carbocycles. The summed E-state index contributed by atoms with van der Waals surface area (Å²) in [7, 11) is 1.95. The molecule has 1 atom stereocenters. The molecule has 0 aliphatic heterocycles. The highest BCUT2D eigenvalue weighted by atomic mass is 16.3. The highest BCUT2D eigenvalue weighted by molar-refractivity contribution is 5.24. The first-order valence-corrected chi connectivity index (χ1v) is 8.59. The Bertz CT molecular complexity index is 798. The average Bonchev–Trinajstić information content (AvgIpc) is 3.00. The van der Waals surface area contributed by atoms with Gasteiger partial charge in [0.15, 0.2) is 0 Å². The number of hydrogen-bond acceptors (Lipinski definition) is 3. The monoisotopic (exact) mass is 335 g/mol. The molecule has 0 saturated heterocycles. The maximum Gasteiger partial charge on any atom is 0.0917 e. The van der Waals surface area contributed by atoms with Gasteiger partial charge in [0, 0.05) is 32.9 Å². The van der Waals surface area contributed by atoms with E-state index in [4.69, 9.17) is 0 Å². The molecular weight excluding hydrogens is 310 g/mol. The Hall–Kier alpha value is -2.43. The van der Waals surface area contributed by atoms with Gasteiger partial charge in [-0.05, 0) is 24.1 Å². The Morgan fingerprint density at radius 3 is 2.52 bits per heavy atom. The predicted molar refractivity (Wildman–Crippen MR) is 99.9 cm³/mol. The van der Waals surface area contributed by atoms with E-state index >= 15 is 0 Å². The first-order chi connectivity index (χ1) is 12.1. The molecule has 0 fully saturated rings. The van der Waals surface area contributed by atoms with Crippen LogP contribution in [0.3, 0.4) is 0 Å². The maximum atomic E-state index is 10.7. The van der Waals surface area contributed by atoms with Crippen molar-refractivity contribution in [1.82, 2.24) is 14.7 Å². The standard InChI is InChI=1S/C21H25N3O/c1-17-7-6-10-19(13-17)21(25)16-24(14-18-8-4-3-5-9-18)15-20-11-12-22-23(20)2/h3-13,21,25H,14-16H2,1-2H3/t21-/m0/s1. The zero-order valence-electron chi connectivity index (χ0n) is 14.8. The third kappa shape index (κ3) is 4.78. The topological polar surface area (TPSA) is 41.3 Å². The predicted octanol–water partition coefficient (Wildman–Crippen LogP) is 3.46. The van der Waals surface area contributed by atoms with Gasteiger partial charge in [-0.1, -0.05) is 60.2 Å². The van der Waals surface area contributed by atoms with Crippen molar-refractivity contribution in [2.75, 3.05) is 6.54 Å². The number of aromatic nitrogens is 2. The summed E-state index contributed by atoms with van der Waals surface area (Å²) in [6.45, 7) is 4.15. The van der Waals surface area contributed by atoms with Crippen LogP contribution in [0.4, 0.5) is 0 Å². The minimum Gasteiger partial charge on any atom is -0.387 e. The molecule has 25 heavy (non-hydrogen) atoms. The van der Waals surface area contributed by atoms with Crippen molar-refractivity contribution in [1.29, 1.82) is 0 Å². The number of aliphatic hydroxyl groups is 1. The van der Waals surface area contributed by atoms with E-state index < -0.39 is 6.10 Å². The van der Waals surface area contributed by atoms with Gasteiger partial charge in [0.2, 0.25) is 0 Å². The van der Waals surface area contributed by atoms with Crippen molar-refractivity contribution in [2.24, 2.45) is 7.05 Å². The quantitative estimate of drug-likeness (QED) is 0.719. The Labute approximate surface area is 149 Å². The van der Waals surface area contributed by atoms with E-state index in [1.807, 2.05) is 55.2 Å². The zero-order valence-corrected chi connectivity index (χ0v) is 14.8. The molecule has 3 rings (SSSR count). The number of nitrogens with zero attached hydrogens (tertiary/aromatic N) is 3. The lowest BCUT2D eigenvalue weighted by Gasteiger charge is -2.25. The molecule has 0 amide bonds. The fourth-order valence-corrected chi connectivity index (χ4v) is 3.04. The van der Waals surface area contributed by atoms with Crippen LogP contribution in [0.15, 0.2) is 66.9 Å². The highest BCUT2D eigenvalue weighted by Crippen LogP contribution is 2.18. The van der Waals surface area contributed by atoms with Crippen molar-refractivity contribution in [3.63, 3.8) is 0 Å². The lowest BCUT2D eigenvalue weighted by Crippen LogP contribution is -2.29. The van der Waals surface area contributed by atoms with E-state index in [0.29, 0.717) is 6.54 Å².